The molecular formula is C16H24BrClN2O2. The molecule has 22 heavy (non-hydrogen) atoms. The van der Waals surface area contributed by atoms with Crippen molar-refractivity contribution in [2.24, 2.45) is 11.7 Å². The molecule has 4 nitrogen and oxygen atoms in total. The fraction of sp³-hybridized carbons (Fsp3) is 0.562. The monoisotopic (exact) mass is 390 g/mol. The van der Waals surface area contributed by atoms with E-state index in [0.717, 1.165) is 41.5 Å². The minimum atomic E-state index is -0.386. The first-order valence-corrected chi connectivity index (χ1v) is 8.12. The van der Waals surface area contributed by atoms with E-state index in [1.165, 1.54) is 0 Å². The van der Waals surface area contributed by atoms with Crippen molar-refractivity contribution in [2.75, 3.05) is 7.11 Å². The second-order valence-corrected chi connectivity index (χ2v) is 6.85. The second-order valence-electron chi connectivity index (χ2n) is 5.99. The van der Waals surface area contributed by atoms with Crippen LogP contribution >= 0.6 is 28.3 Å². The van der Waals surface area contributed by atoms with Crippen molar-refractivity contribution in [3.8, 4) is 5.75 Å². The van der Waals surface area contributed by atoms with Gasteiger partial charge in [-0.25, -0.2) is 0 Å². The summed E-state index contributed by atoms with van der Waals surface area (Å²) < 4.78 is 6.08. The van der Waals surface area contributed by atoms with Gasteiger partial charge in [-0.05, 0) is 53.4 Å². The van der Waals surface area contributed by atoms with Crippen LogP contribution in [-0.4, -0.2) is 18.6 Å². The van der Waals surface area contributed by atoms with Gasteiger partial charge in [0, 0.05) is 12.1 Å². The number of hydrogen-bond donors (Lipinski definition) is 2. The molecule has 0 radical (unpaired) electrons. The van der Waals surface area contributed by atoms with Crippen molar-refractivity contribution in [3.05, 3.63) is 28.2 Å². The summed E-state index contributed by atoms with van der Waals surface area (Å²) in [5.74, 6) is 0.756. The molecule has 3 N–H and O–H groups in total. The van der Waals surface area contributed by atoms with Crippen LogP contribution in [0.5, 0.6) is 5.75 Å². The molecule has 2 rings (SSSR count). The minimum absolute atomic E-state index is 0. The van der Waals surface area contributed by atoms with Gasteiger partial charge in [-0.1, -0.05) is 18.9 Å². The number of nitrogens with two attached hydrogens (primary N) is 1. The topological polar surface area (TPSA) is 64.3 Å². The molecule has 0 bridgehead atoms. The molecule has 0 spiro atoms. The Kier molecular flexibility index (Phi) is 7.16. The van der Waals surface area contributed by atoms with Crippen LogP contribution in [0.15, 0.2) is 22.7 Å². The van der Waals surface area contributed by atoms with Crippen molar-refractivity contribution >= 4 is 34.2 Å². The maximum atomic E-state index is 12.4. The summed E-state index contributed by atoms with van der Waals surface area (Å²) in [4.78, 5) is 12.4. The van der Waals surface area contributed by atoms with Crippen LogP contribution in [0.4, 0.5) is 0 Å². The van der Waals surface area contributed by atoms with E-state index in [1.807, 2.05) is 25.1 Å². The van der Waals surface area contributed by atoms with E-state index in [2.05, 4.69) is 21.2 Å². The van der Waals surface area contributed by atoms with Gasteiger partial charge in [0.05, 0.1) is 17.5 Å². The number of carbonyl (C=O) groups excluding carboxylic acids is 1. The van der Waals surface area contributed by atoms with Gasteiger partial charge in [0.15, 0.2) is 0 Å². The molecule has 1 aliphatic rings. The molecule has 0 aromatic heterocycles. The van der Waals surface area contributed by atoms with E-state index in [9.17, 15) is 4.79 Å². The number of ether oxygens (including phenoxy) is 1. The summed E-state index contributed by atoms with van der Waals surface area (Å²) in [7, 11) is 1.63. The van der Waals surface area contributed by atoms with Crippen molar-refractivity contribution in [1.82, 2.24) is 5.32 Å². The first-order valence-electron chi connectivity index (χ1n) is 7.33. The Morgan fingerprint density at radius 3 is 2.82 bits per heavy atom. The van der Waals surface area contributed by atoms with E-state index in [-0.39, 0.29) is 29.8 Å². The highest BCUT2D eigenvalue weighted by Crippen LogP contribution is 2.32. The summed E-state index contributed by atoms with van der Waals surface area (Å²) in [6.45, 7) is 2.49. The zero-order valence-electron chi connectivity index (χ0n) is 13.0. The Labute approximate surface area is 146 Å². The van der Waals surface area contributed by atoms with E-state index in [1.54, 1.807) is 7.11 Å². The molecule has 1 aromatic carbocycles. The molecule has 0 heterocycles. The fourth-order valence-electron chi connectivity index (χ4n) is 2.92. The van der Waals surface area contributed by atoms with Crippen LogP contribution in [0.25, 0.3) is 0 Å². The van der Waals surface area contributed by atoms with Crippen molar-refractivity contribution in [2.45, 2.75) is 44.7 Å². The summed E-state index contributed by atoms with van der Waals surface area (Å²) in [6.07, 6.45) is 3.99. The molecule has 2 unspecified atom stereocenters. The summed E-state index contributed by atoms with van der Waals surface area (Å²) >= 11 is 3.45. The first-order chi connectivity index (χ1) is 9.94. The van der Waals surface area contributed by atoms with Gasteiger partial charge in [-0.15, -0.1) is 12.4 Å². The highest BCUT2D eigenvalue weighted by Gasteiger charge is 2.37. The van der Waals surface area contributed by atoms with Crippen LogP contribution in [0, 0.1) is 5.92 Å². The largest absolute Gasteiger partial charge is 0.496 e. The van der Waals surface area contributed by atoms with Crippen molar-refractivity contribution in [1.29, 1.82) is 0 Å². The third kappa shape index (κ3) is 4.61. The minimum Gasteiger partial charge on any atom is -0.496 e. The van der Waals surface area contributed by atoms with E-state index < -0.39 is 0 Å². The van der Waals surface area contributed by atoms with E-state index in [4.69, 9.17) is 10.5 Å². The van der Waals surface area contributed by atoms with Crippen LogP contribution in [0.3, 0.4) is 0 Å². The van der Waals surface area contributed by atoms with Crippen molar-refractivity contribution in [3.63, 3.8) is 0 Å². The van der Waals surface area contributed by atoms with Gasteiger partial charge in [0.1, 0.15) is 5.75 Å². The van der Waals surface area contributed by atoms with Crippen molar-refractivity contribution < 1.29 is 9.53 Å². The van der Waals surface area contributed by atoms with Gasteiger partial charge in [0.2, 0.25) is 5.91 Å². The predicted molar refractivity (Wildman–Crippen MR) is 94.3 cm³/mol. The maximum Gasteiger partial charge on any atom is 0.225 e. The lowest BCUT2D eigenvalue weighted by atomic mass is 9.74. The Morgan fingerprint density at radius 2 is 2.23 bits per heavy atom. The molecule has 0 saturated heterocycles. The maximum absolute atomic E-state index is 12.4. The molecular weight excluding hydrogens is 368 g/mol. The van der Waals surface area contributed by atoms with Crippen LogP contribution in [-0.2, 0) is 11.3 Å². The van der Waals surface area contributed by atoms with Gasteiger partial charge >= 0.3 is 0 Å². The standard InChI is InChI=1S/C16H23BrN2O2.ClH/c1-16(18)8-4-3-5-12(16)15(20)19-10-11-6-7-14(21-2)13(17)9-11;/h6-7,9,12H,3-5,8,10,18H2,1-2H3,(H,19,20);1H. The Balaban J connectivity index is 0.00000242. The molecule has 1 amide bonds. The zero-order chi connectivity index (χ0) is 15.5. The second kappa shape index (κ2) is 8.18. The van der Waals surface area contributed by atoms with Crippen LogP contribution in [0.1, 0.15) is 38.2 Å². The number of amides is 1. The average molecular weight is 392 g/mol. The molecule has 6 heteroatoms. The fourth-order valence-corrected chi connectivity index (χ4v) is 3.51. The molecule has 1 aromatic rings. The quantitative estimate of drug-likeness (QED) is 0.826. The lowest BCUT2D eigenvalue weighted by Crippen LogP contribution is -2.52. The number of rotatable bonds is 4. The van der Waals surface area contributed by atoms with E-state index >= 15 is 0 Å². The summed E-state index contributed by atoms with van der Waals surface area (Å²) in [5.41, 5.74) is 6.92. The third-order valence-corrected chi connectivity index (χ3v) is 4.87. The lowest BCUT2D eigenvalue weighted by molar-refractivity contribution is -0.128. The number of benzene rings is 1. The Bertz CT molecular complexity index is 523. The Morgan fingerprint density at radius 1 is 1.50 bits per heavy atom. The van der Waals surface area contributed by atoms with Gasteiger partial charge in [0.25, 0.3) is 0 Å². The normalized spacial score (nSPS) is 24.3. The smallest absolute Gasteiger partial charge is 0.225 e. The summed E-state index contributed by atoms with van der Waals surface area (Å²) in [6, 6.07) is 5.80. The lowest BCUT2D eigenvalue weighted by Gasteiger charge is -2.37. The molecule has 124 valence electrons. The van der Waals surface area contributed by atoms with Crippen LogP contribution < -0.4 is 15.8 Å². The molecule has 1 fully saturated rings. The van der Waals surface area contributed by atoms with Crippen LogP contribution in [0.2, 0.25) is 0 Å². The molecule has 2 atom stereocenters. The summed E-state index contributed by atoms with van der Waals surface area (Å²) in [5, 5.41) is 3.01. The Hall–Kier alpha value is -0.780. The zero-order valence-corrected chi connectivity index (χ0v) is 15.4. The highest BCUT2D eigenvalue weighted by atomic mass is 79.9. The van der Waals surface area contributed by atoms with E-state index in [0.29, 0.717) is 6.54 Å². The van der Waals surface area contributed by atoms with Gasteiger partial charge < -0.3 is 15.8 Å². The third-order valence-electron chi connectivity index (χ3n) is 4.25. The average Bonchev–Trinajstić information content (AvgIpc) is 2.44. The molecule has 0 aliphatic heterocycles. The van der Waals surface area contributed by atoms with Gasteiger partial charge in [-0.2, -0.15) is 0 Å². The number of hydrogen-bond acceptors (Lipinski definition) is 3. The number of nitrogens with one attached hydrogen (secondary N) is 1. The first kappa shape index (κ1) is 19.3. The SMILES string of the molecule is COc1ccc(CNC(=O)C2CCCCC2(C)N)cc1Br.Cl. The number of methoxy groups -OCH3 is 1. The highest BCUT2D eigenvalue weighted by molar-refractivity contribution is 9.10. The molecule has 1 aliphatic carbocycles. The predicted octanol–water partition coefficient (Wildman–Crippen LogP) is 3.40. The van der Waals surface area contributed by atoms with Gasteiger partial charge in [-0.3, -0.25) is 4.79 Å². The number of carbonyl (C=O) groups is 1. The molecule has 1 saturated carbocycles. The number of halogens is 2.